The molecule has 2 nitrogen and oxygen atoms in total. The highest BCUT2D eigenvalue weighted by Crippen LogP contribution is 2.35. The van der Waals surface area contributed by atoms with Crippen LogP contribution in [0.4, 0.5) is 5.69 Å². The molecule has 0 saturated carbocycles. The molecule has 2 rings (SSSR count). The third-order valence-corrected chi connectivity index (χ3v) is 3.30. The molecule has 1 atom stereocenters. The molecule has 0 aliphatic carbocycles. The monoisotopic (exact) mass is 204 g/mol. The number of anilines is 1. The molecule has 0 saturated heterocycles. The van der Waals surface area contributed by atoms with Crippen LogP contribution in [0.25, 0.3) is 0 Å². The molecule has 1 heterocycles. The maximum Gasteiger partial charge on any atom is 0.0400 e. The highest BCUT2D eigenvalue weighted by atomic mass is 15.1. The van der Waals surface area contributed by atoms with Crippen molar-refractivity contribution in [1.29, 1.82) is 0 Å². The largest absolute Gasteiger partial charge is 0.374 e. The van der Waals surface area contributed by atoms with Crippen molar-refractivity contribution in [2.45, 2.75) is 19.3 Å². The molecule has 0 amide bonds. The van der Waals surface area contributed by atoms with Crippen LogP contribution in [0.5, 0.6) is 0 Å². The first-order valence-electron chi connectivity index (χ1n) is 5.74. The summed E-state index contributed by atoms with van der Waals surface area (Å²) in [4.78, 5) is 2.36. The first-order valence-corrected chi connectivity index (χ1v) is 5.74. The minimum absolute atomic E-state index is 0.654. The first kappa shape index (κ1) is 10.5. The van der Waals surface area contributed by atoms with Crippen LogP contribution in [0.1, 0.15) is 24.0 Å². The molecule has 1 unspecified atom stereocenters. The summed E-state index contributed by atoms with van der Waals surface area (Å²) in [5.41, 5.74) is 4.38. The Morgan fingerprint density at radius 2 is 2.27 bits per heavy atom. The Labute approximate surface area is 92.3 Å². The molecular formula is C13H20N2. The van der Waals surface area contributed by atoms with Crippen LogP contribution < -0.4 is 10.2 Å². The van der Waals surface area contributed by atoms with Crippen LogP contribution in [0, 0.1) is 0 Å². The number of likely N-dealkylation sites (N-methyl/N-ethyl adjacent to an activating group) is 2. The van der Waals surface area contributed by atoms with Crippen molar-refractivity contribution in [1.82, 2.24) is 5.32 Å². The van der Waals surface area contributed by atoms with E-state index in [1.807, 2.05) is 7.05 Å². The van der Waals surface area contributed by atoms with Gasteiger partial charge in [-0.1, -0.05) is 19.1 Å². The van der Waals surface area contributed by atoms with Crippen molar-refractivity contribution in [2.24, 2.45) is 0 Å². The van der Waals surface area contributed by atoms with Gasteiger partial charge in [-0.25, -0.2) is 0 Å². The number of fused-ring (bicyclic) bond motifs is 1. The third kappa shape index (κ3) is 1.86. The van der Waals surface area contributed by atoms with Gasteiger partial charge >= 0.3 is 0 Å². The van der Waals surface area contributed by atoms with Crippen molar-refractivity contribution >= 4 is 5.69 Å². The molecule has 1 aliphatic heterocycles. The predicted molar refractivity (Wildman–Crippen MR) is 65.8 cm³/mol. The Hall–Kier alpha value is -1.02. The predicted octanol–water partition coefficient (Wildman–Crippen LogP) is 2.00. The molecule has 0 aromatic heterocycles. The number of rotatable bonds is 3. The van der Waals surface area contributed by atoms with Gasteiger partial charge in [-0.15, -0.1) is 0 Å². The summed E-state index contributed by atoms with van der Waals surface area (Å²) >= 11 is 0. The molecule has 1 aromatic carbocycles. The van der Waals surface area contributed by atoms with E-state index in [1.165, 1.54) is 16.8 Å². The van der Waals surface area contributed by atoms with Gasteiger partial charge in [0, 0.05) is 31.7 Å². The van der Waals surface area contributed by atoms with E-state index in [0.717, 1.165) is 19.5 Å². The van der Waals surface area contributed by atoms with Gasteiger partial charge in [-0.05, 0) is 30.7 Å². The van der Waals surface area contributed by atoms with Crippen molar-refractivity contribution < 1.29 is 0 Å². The fourth-order valence-corrected chi connectivity index (χ4v) is 2.45. The Kier molecular flexibility index (Phi) is 2.96. The maximum atomic E-state index is 3.28. The molecule has 0 radical (unpaired) electrons. The number of hydrogen-bond donors (Lipinski definition) is 1. The third-order valence-electron chi connectivity index (χ3n) is 3.30. The molecule has 15 heavy (non-hydrogen) atoms. The fourth-order valence-electron chi connectivity index (χ4n) is 2.45. The minimum atomic E-state index is 0.654. The smallest absolute Gasteiger partial charge is 0.0400 e. The van der Waals surface area contributed by atoms with Gasteiger partial charge in [0.2, 0.25) is 0 Å². The summed E-state index contributed by atoms with van der Waals surface area (Å²) in [5.74, 6) is 0.654. The normalized spacial score (nSPS) is 19.4. The number of nitrogens with one attached hydrogen (secondary N) is 1. The molecule has 1 aliphatic rings. The topological polar surface area (TPSA) is 15.3 Å². The summed E-state index contributed by atoms with van der Waals surface area (Å²) in [6.07, 6.45) is 1.13. The van der Waals surface area contributed by atoms with Gasteiger partial charge in [0.05, 0.1) is 0 Å². The summed E-state index contributed by atoms with van der Waals surface area (Å²) in [7, 11) is 4.21. The average molecular weight is 204 g/mol. The van der Waals surface area contributed by atoms with E-state index in [4.69, 9.17) is 0 Å². The summed E-state index contributed by atoms with van der Waals surface area (Å²) in [5, 5.41) is 3.28. The average Bonchev–Trinajstić information content (AvgIpc) is 2.56. The zero-order valence-electron chi connectivity index (χ0n) is 9.88. The zero-order valence-corrected chi connectivity index (χ0v) is 9.88. The molecule has 1 N–H and O–H groups in total. The molecule has 0 bridgehead atoms. The first-order chi connectivity index (χ1) is 7.26. The van der Waals surface area contributed by atoms with E-state index in [2.05, 4.69) is 42.4 Å². The lowest BCUT2D eigenvalue weighted by atomic mass is 9.98. The highest BCUT2D eigenvalue weighted by Gasteiger charge is 2.25. The second kappa shape index (κ2) is 4.23. The minimum Gasteiger partial charge on any atom is -0.374 e. The van der Waals surface area contributed by atoms with Gasteiger partial charge in [-0.2, -0.15) is 0 Å². The quantitative estimate of drug-likeness (QED) is 0.810. The SMILES string of the molecule is CCc1ccc2c(c1)C(CNC)CN2C. The van der Waals surface area contributed by atoms with Gasteiger partial charge in [0.15, 0.2) is 0 Å². The molecule has 2 heteroatoms. The van der Waals surface area contributed by atoms with Crippen LogP contribution in [-0.4, -0.2) is 27.2 Å². The second-order valence-corrected chi connectivity index (χ2v) is 4.38. The van der Waals surface area contributed by atoms with E-state index in [-0.39, 0.29) is 0 Å². The second-order valence-electron chi connectivity index (χ2n) is 4.38. The van der Waals surface area contributed by atoms with E-state index in [9.17, 15) is 0 Å². The molecule has 0 fully saturated rings. The van der Waals surface area contributed by atoms with E-state index >= 15 is 0 Å². The standard InChI is InChI=1S/C13H20N2/c1-4-10-5-6-13-12(7-10)11(8-14-2)9-15(13)3/h5-7,11,14H,4,8-9H2,1-3H3. The van der Waals surface area contributed by atoms with Gasteiger partial charge in [-0.3, -0.25) is 0 Å². The van der Waals surface area contributed by atoms with Crippen LogP contribution in [-0.2, 0) is 6.42 Å². The van der Waals surface area contributed by atoms with Crippen molar-refractivity contribution in [2.75, 3.05) is 32.1 Å². The van der Waals surface area contributed by atoms with Crippen LogP contribution >= 0.6 is 0 Å². The van der Waals surface area contributed by atoms with Gasteiger partial charge in [0.25, 0.3) is 0 Å². The Bertz CT molecular complexity index is 346. The highest BCUT2D eigenvalue weighted by molar-refractivity contribution is 5.60. The number of benzene rings is 1. The summed E-state index contributed by atoms with van der Waals surface area (Å²) in [6.45, 7) is 4.43. The van der Waals surface area contributed by atoms with Crippen LogP contribution in [0.15, 0.2) is 18.2 Å². The Balaban J connectivity index is 2.34. The lowest BCUT2D eigenvalue weighted by Gasteiger charge is -2.12. The number of nitrogens with zero attached hydrogens (tertiary/aromatic N) is 1. The van der Waals surface area contributed by atoms with Crippen molar-refractivity contribution in [3.05, 3.63) is 29.3 Å². The number of aryl methyl sites for hydroxylation is 1. The van der Waals surface area contributed by atoms with Gasteiger partial charge < -0.3 is 10.2 Å². The summed E-state index contributed by atoms with van der Waals surface area (Å²) < 4.78 is 0. The lowest BCUT2D eigenvalue weighted by Crippen LogP contribution is -2.22. The maximum absolute atomic E-state index is 3.28. The van der Waals surface area contributed by atoms with E-state index in [0.29, 0.717) is 5.92 Å². The molecule has 0 spiro atoms. The fraction of sp³-hybridized carbons (Fsp3) is 0.538. The van der Waals surface area contributed by atoms with E-state index < -0.39 is 0 Å². The van der Waals surface area contributed by atoms with Crippen molar-refractivity contribution in [3.63, 3.8) is 0 Å². The molecular weight excluding hydrogens is 184 g/mol. The summed E-state index contributed by atoms with van der Waals surface area (Å²) in [6, 6.07) is 6.89. The Morgan fingerprint density at radius 3 is 2.93 bits per heavy atom. The van der Waals surface area contributed by atoms with E-state index in [1.54, 1.807) is 0 Å². The van der Waals surface area contributed by atoms with Crippen LogP contribution in [0.2, 0.25) is 0 Å². The lowest BCUT2D eigenvalue weighted by molar-refractivity contribution is 0.654. The van der Waals surface area contributed by atoms with Crippen LogP contribution in [0.3, 0.4) is 0 Å². The van der Waals surface area contributed by atoms with Crippen molar-refractivity contribution in [3.8, 4) is 0 Å². The zero-order chi connectivity index (χ0) is 10.8. The Morgan fingerprint density at radius 1 is 1.47 bits per heavy atom. The number of hydrogen-bond acceptors (Lipinski definition) is 2. The molecule has 82 valence electrons. The van der Waals surface area contributed by atoms with Gasteiger partial charge in [0.1, 0.15) is 0 Å². The molecule has 1 aromatic rings.